The van der Waals surface area contributed by atoms with Gasteiger partial charge in [-0.05, 0) is 17.7 Å². The second-order valence-electron chi connectivity index (χ2n) is 6.05. The summed E-state index contributed by atoms with van der Waals surface area (Å²) in [5, 5.41) is 0.752. The molecule has 0 aliphatic rings. The standard InChI is InChI=1S/C23H18NOS/c25-21(16-15-18-9-3-1-4-10-18)23-24(17-19-11-5-2-6-12-19)20-13-7-8-14-22(20)26-23/h1-16H,17H2/q+1. The number of ketones is 1. The number of carbonyl (C=O) groups excluding carboxylic acids is 1. The fourth-order valence-electron chi connectivity index (χ4n) is 2.95. The van der Waals surface area contributed by atoms with Crippen LogP contribution in [0.15, 0.2) is 91.0 Å². The Morgan fingerprint density at radius 1 is 0.846 bits per heavy atom. The Kier molecular flexibility index (Phi) is 4.71. The maximum atomic E-state index is 12.9. The van der Waals surface area contributed by atoms with E-state index < -0.39 is 0 Å². The van der Waals surface area contributed by atoms with Gasteiger partial charge in [0.1, 0.15) is 4.70 Å². The second kappa shape index (κ2) is 7.46. The van der Waals surface area contributed by atoms with E-state index in [9.17, 15) is 4.79 Å². The Balaban J connectivity index is 1.73. The third-order valence-electron chi connectivity index (χ3n) is 4.23. The van der Waals surface area contributed by atoms with Crippen LogP contribution in [0.3, 0.4) is 0 Å². The van der Waals surface area contributed by atoms with Gasteiger partial charge in [0.2, 0.25) is 5.52 Å². The summed E-state index contributed by atoms with van der Waals surface area (Å²) in [6, 6.07) is 28.3. The number of hydrogen-bond acceptors (Lipinski definition) is 2. The number of hydrogen-bond donors (Lipinski definition) is 0. The van der Waals surface area contributed by atoms with Crippen molar-refractivity contribution in [2.45, 2.75) is 6.54 Å². The summed E-state index contributed by atoms with van der Waals surface area (Å²) in [6.07, 6.45) is 3.54. The number of nitrogens with zero attached hydrogens (tertiary/aromatic N) is 1. The van der Waals surface area contributed by atoms with Gasteiger partial charge < -0.3 is 0 Å². The van der Waals surface area contributed by atoms with E-state index >= 15 is 0 Å². The minimum absolute atomic E-state index is 0.0333. The molecule has 0 bridgehead atoms. The quantitative estimate of drug-likeness (QED) is 0.276. The number of thiazole rings is 1. The molecule has 0 amide bonds. The lowest BCUT2D eigenvalue weighted by atomic mass is 10.2. The second-order valence-corrected chi connectivity index (χ2v) is 7.09. The highest BCUT2D eigenvalue weighted by molar-refractivity contribution is 7.19. The van der Waals surface area contributed by atoms with E-state index in [1.807, 2.05) is 66.7 Å². The predicted molar refractivity (Wildman–Crippen MR) is 107 cm³/mol. The molecule has 0 spiro atoms. The maximum Gasteiger partial charge on any atom is 0.311 e. The van der Waals surface area contributed by atoms with Crippen LogP contribution in [0.2, 0.25) is 0 Å². The van der Waals surface area contributed by atoms with Crippen molar-refractivity contribution in [2.24, 2.45) is 0 Å². The molecule has 1 heterocycles. The zero-order chi connectivity index (χ0) is 17.8. The Labute approximate surface area is 156 Å². The van der Waals surface area contributed by atoms with Crippen LogP contribution in [0.4, 0.5) is 0 Å². The van der Waals surface area contributed by atoms with E-state index in [0.717, 1.165) is 20.8 Å². The molecule has 2 nitrogen and oxygen atoms in total. The molecule has 126 valence electrons. The number of allylic oxidation sites excluding steroid dienone is 1. The summed E-state index contributed by atoms with van der Waals surface area (Å²) in [4.78, 5) is 12.9. The summed E-state index contributed by atoms with van der Waals surface area (Å²) < 4.78 is 3.24. The van der Waals surface area contributed by atoms with Crippen molar-refractivity contribution < 1.29 is 9.36 Å². The van der Waals surface area contributed by atoms with Crippen molar-refractivity contribution >= 4 is 33.4 Å². The summed E-state index contributed by atoms with van der Waals surface area (Å²) in [5.74, 6) is 0.0333. The minimum Gasteiger partial charge on any atom is -0.281 e. The summed E-state index contributed by atoms with van der Waals surface area (Å²) in [5.41, 5.74) is 3.30. The number of carbonyl (C=O) groups is 1. The molecule has 0 N–H and O–H groups in total. The highest BCUT2D eigenvalue weighted by atomic mass is 32.1. The van der Waals surface area contributed by atoms with Crippen LogP contribution >= 0.6 is 11.3 Å². The molecular weight excluding hydrogens is 338 g/mol. The molecule has 3 heteroatoms. The third-order valence-corrected chi connectivity index (χ3v) is 5.41. The van der Waals surface area contributed by atoms with Crippen molar-refractivity contribution in [2.75, 3.05) is 0 Å². The summed E-state index contributed by atoms with van der Waals surface area (Å²) in [7, 11) is 0. The van der Waals surface area contributed by atoms with Gasteiger partial charge >= 0.3 is 5.01 Å². The molecule has 0 fully saturated rings. The summed E-state index contributed by atoms with van der Waals surface area (Å²) in [6.45, 7) is 0.686. The largest absolute Gasteiger partial charge is 0.311 e. The normalized spacial score (nSPS) is 11.2. The molecule has 0 atom stereocenters. The number of rotatable bonds is 5. The molecule has 1 aromatic heterocycles. The van der Waals surface area contributed by atoms with Gasteiger partial charge in [0.05, 0.1) is 0 Å². The molecular formula is C23H18NOS+. The molecule has 0 unspecified atom stereocenters. The van der Waals surface area contributed by atoms with Gasteiger partial charge in [0, 0.05) is 11.6 Å². The van der Waals surface area contributed by atoms with Crippen molar-refractivity contribution in [1.29, 1.82) is 0 Å². The van der Waals surface area contributed by atoms with E-state index in [2.05, 4.69) is 28.8 Å². The smallest absolute Gasteiger partial charge is 0.281 e. The molecule has 26 heavy (non-hydrogen) atoms. The van der Waals surface area contributed by atoms with Gasteiger partial charge in [0.15, 0.2) is 6.54 Å². The van der Waals surface area contributed by atoms with Gasteiger partial charge in [-0.2, -0.15) is 4.57 Å². The zero-order valence-electron chi connectivity index (χ0n) is 14.2. The fourth-order valence-corrected chi connectivity index (χ4v) is 4.03. The molecule has 0 aliphatic heterocycles. The molecule has 4 rings (SSSR count). The van der Waals surface area contributed by atoms with Gasteiger partial charge in [-0.25, -0.2) is 0 Å². The van der Waals surface area contributed by atoms with Crippen molar-refractivity contribution in [3.05, 3.63) is 107 Å². The van der Waals surface area contributed by atoms with Gasteiger partial charge in [0.25, 0.3) is 5.78 Å². The van der Waals surface area contributed by atoms with Crippen LogP contribution in [0.5, 0.6) is 0 Å². The van der Waals surface area contributed by atoms with Gasteiger partial charge in [-0.15, -0.1) is 0 Å². The van der Waals surface area contributed by atoms with Crippen molar-refractivity contribution in [1.82, 2.24) is 0 Å². The van der Waals surface area contributed by atoms with Crippen molar-refractivity contribution in [3.63, 3.8) is 0 Å². The Bertz CT molecular complexity index is 1070. The zero-order valence-corrected chi connectivity index (χ0v) is 15.0. The lowest BCUT2D eigenvalue weighted by molar-refractivity contribution is -0.659. The Hall–Kier alpha value is -3.04. The number of para-hydroxylation sites is 1. The molecule has 0 saturated heterocycles. The minimum atomic E-state index is 0.0333. The highest BCUT2D eigenvalue weighted by Crippen LogP contribution is 2.21. The first-order valence-electron chi connectivity index (χ1n) is 8.54. The van der Waals surface area contributed by atoms with Gasteiger partial charge in [-0.3, -0.25) is 4.79 Å². The van der Waals surface area contributed by atoms with Crippen LogP contribution < -0.4 is 4.57 Å². The maximum absolute atomic E-state index is 12.9. The van der Waals surface area contributed by atoms with E-state index in [-0.39, 0.29) is 5.78 Å². The average molecular weight is 356 g/mol. The Morgan fingerprint density at radius 3 is 2.27 bits per heavy atom. The van der Waals surface area contributed by atoms with E-state index in [4.69, 9.17) is 0 Å². The van der Waals surface area contributed by atoms with Crippen LogP contribution in [0, 0.1) is 0 Å². The van der Waals surface area contributed by atoms with Crippen LogP contribution in [0.1, 0.15) is 20.9 Å². The molecule has 3 aromatic carbocycles. The van der Waals surface area contributed by atoms with Crippen LogP contribution in [-0.2, 0) is 6.54 Å². The lowest BCUT2D eigenvalue weighted by Gasteiger charge is -1.98. The molecule has 0 radical (unpaired) electrons. The topological polar surface area (TPSA) is 20.9 Å². The highest BCUT2D eigenvalue weighted by Gasteiger charge is 2.25. The molecule has 0 aliphatic carbocycles. The van der Waals surface area contributed by atoms with Crippen LogP contribution in [-0.4, -0.2) is 5.78 Å². The number of aromatic nitrogens is 1. The fraction of sp³-hybridized carbons (Fsp3) is 0.0435. The number of benzene rings is 3. The predicted octanol–water partition coefficient (Wildman–Crippen LogP) is 5.13. The van der Waals surface area contributed by atoms with Gasteiger partial charge in [-0.1, -0.05) is 90.2 Å². The first kappa shape index (κ1) is 16.4. The lowest BCUT2D eigenvalue weighted by Crippen LogP contribution is -2.38. The van der Waals surface area contributed by atoms with E-state index in [0.29, 0.717) is 6.54 Å². The van der Waals surface area contributed by atoms with Crippen LogP contribution in [0.25, 0.3) is 16.3 Å². The first-order chi connectivity index (χ1) is 12.8. The third kappa shape index (κ3) is 3.48. The first-order valence-corrected chi connectivity index (χ1v) is 9.36. The van der Waals surface area contributed by atoms with Crippen molar-refractivity contribution in [3.8, 4) is 0 Å². The van der Waals surface area contributed by atoms with E-state index in [1.54, 1.807) is 17.4 Å². The number of fused-ring (bicyclic) bond motifs is 1. The monoisotopic (exact) mass is 356 g/mol. The summed E-state index contributed by atoms with van der Waals surface area (Å²) >= 11 is 1.55. The van der Waals surface area contributed by atoms with E-state index in [1.165, 1.54) is 5.56 Å². The molecule has 4 aromatic rings. The average Bonchev–Trinajstić information content (AvgIpc) is 3.06. The Morgan fingerprint density at radius 2 is 1.50 bits per heavy atom. The molecule has 0 saturated carbocycles. The SMILES string of the molecule is O=C(C=Cc1ccccc1)c1sc2ccccc2[n+]1Cc1ccccc1.